The van der Waals surface area contributed by atoms with Crippen LogP contribution in [0.2, 0.25) is 0 Å². The van der Waals surface area contributed by atoms with Crippen LogP contribution >= 0.6 is 24.0 Å². The fourth-order valence-corrected chi connectivity index (χ4v) is 5.88. The second-order valence-electron chi connectivity index (χ2n) is 9.13. The Hall–Kier alpha value is -2.19. The Morgan fingerprint density at radius 2 is 1.94 bits per heavy atom. The molecule has 0 radical (unpaired) electrons. The molecule has 2 aliphatic rings. The van der Waals surface area contributed by atoms with E-state index in [0.717, 1.165) is 37.9 Å². The Bertz CT molecular complexity index is 1150. The van der Waals surface area contributed by atoms with Crippen molar-refractivity contribution in [2.24, 2.45) is 11.8 Å². The number of thiocarbonyl (C=S) groups is 1. The number of hydrogen-bond acceptors (Lipinski definition) is 6. The molecule has 2 saturated heterocycles. The minimum atomic E-state index is -0.154. The van der Waals surface area contributed by atoms with Crippen LogP contribution in [0.25, 0.3) is 11.7 Å². The normalized spacial score (nSPS) is 23.1. The fourth-order valence-electron chi connectivity index (χ4n) is 4.59. The Morgan fingerprint density at radius 1 is 1.22 bits per heavy atom. The van der Waals surface area contributed by atoms with Gasteiger partial charge in [0.2, 0.25) is 0 Å². The van der Waals surface area contributed by atoms with Crippen molar-refractivity contribution >= 4 is 51.7 Å². The lowest BCUT2D eigenvalue weighted by atomic mass is 9.91. The van der Waals surface area contributed by atoms with Crippen molar-refractivity contribution < 1.29 is 4.79 Å². The van der Waals surface area contributed by atoms with E-state index in [1.54, 1.807) is 21.6 Å². The second-order valence-corrected chi connectivity index (χ2v) is 10.8. The summed E-state index contributed by atoms with van der Waals surface area (Å²) in [7, 11) is 0. The molecule has 0 aromatic carbocycles. The molecule has 8 heteroatoms. The third-order valence-electron chi connectivity index (χ3n) is 6.04. The maximum atomic E-state index is 13.6. The number of anilines is 1. The minimum Gasteiger partial charge on any atom is -0.355 e. The monoisotopic (exact) mass is 470 g/mol. The summed E-state index contributed by atoms with van der Waals surface area (Å²) in [5, 5.41) is 0. The molecule has 0 spiro atoms. The van der Waals surface area contributed by atoms with Gasteiger partial charge in [0.1, 0.15) is 15.8 Å². The average molecular weight is 471 g/mol. The van der Waals surface area contributed by atoms with Crippen molar-refractivity contribution in [2.45, 2.75) is 47.0 Å². The number of carbonyl (C=O) groups is 1. The van der Waals surface area contributed by atoms with E-state index in [0.29, 0.717) is 44.6 Å². The number of rotatable bonds is 5. The maximum absolute atomic E-state index is 13.6. The molecule has 2 aromatic rings. The number of pyridine rings is 1. The SMILES string of the molecule is CCCCN1C(=O)/C(=C/c2c(N3C[C@H](C)C[C@H](C)C3)nc3ccc(C)cn3c2=O)SC1=S. The number of unbranched alkanes of at least 4 members (excludes halogenated alkanes) is 1. The third-order valence-corrected chi connectivity index (χ3v) is 7.42. The molecule has 0 N–H and O–H groups in total. The lowest BCUT2D eigenvalue weighted by molar-refractivity contribution is -0.122. The van der Waals surface area contributed by atoms with Gasteiger partial charge in [0, 0.05) is 25.8 Å². The first-order valence-corrected chi connectivity index (χ1v) is 12.5. The molecule has 2 aliphatic heterocycles. The van der Waals surface area contributed by atoms with Crippen LogP contribution in [0.3, 0.4) is 0 Å². The van der Waals surface area contributed by atoms with Gasteiger partial charge in [-0.15, -0.1) is 0 Å². The molecule has 0 unspecified atom stereocenters. The summed E-state index contributed by atoms with van der Waals surface area (Å²) in [6.45, 7) is 10.8. The van der Waals surface area contributed by atoms with Crippen LogP contribution in [-0.4, -0.2) is 44.1 Å². The predicted molar refractivity (Wildman–Crippen MR) is 136 cm³/mol. The van der Waals surface area contributed by atoms with Gasteiger partial charge in [-0.2, -0.15) is 0 Å². The van der Waals surface area contributed by atoms with Gasteiger partial charge in [-0.3, -0.25) is 18.9 Å². The van der Waals surface area contributed by atoms with Crippen molar-refractivity contribution in [1.82, 2.24) is 14.3 Å². The van der Waals surface area contributed by atoms with Crippen LogP contribution in [0.15, 0.2) is 28.0 Å². The van der Waals surface area contributed by atoms with Gasteiger partial charge in [0.05, 0.1) is 10.5 Å². The fraction of sp³-hybridized carbons (Fsp3) is 0.500. The van der Waals surface area contributed by atoms with E-state index in [9.17, 15) is 9.59 Å². The third kappa shape index (κ3) is 4.48. The second kappa shape index (κ2) is 9.35. The number of aryl methyl sites for hydroxylation is 1. The molecular formula is C24H30N4O2S2. The molecule has 6 nitrogen and oxygen atoms in total. The number of aromatic nitrogens is 2. The highest BCUT2D eigenvalue weighted by atomic mass is 32.2. The van der Waals surface area contributed by atoms with E-state index in [1.165, 1.54) is 11.8 Å². The van der Waals surface area contributed by atoms with Gasteiger partial charge in [-0.25, -0.2) is 4.98 Å². The van der Waals surface area contributed by atoms with Gasteiger partial charge in [0.15, 0.2) is 0 Å². The van der Waals surface area contributed by atoms with Gasteiger partial charge < -0.3 is 4.90 Å². The maximum Gasteiger partial charge on any atom is 0.267 e. The summed E-state index contributed by atoms with van der Waals surface area (Å²) < 4.78 is 2.14. The van der Waals surface area contributed by atoms with Crippen molar-refractivity contribution in [2.75, 3.05) is 24.5 Å². The number of fused-ring (bicyclic) bond motifs is 1. The lowest BCUT2D eigenvalue weighted by Gasteiger charge is -2.36. The first-order chi connectivity index (χ1) is 15.3. The van der Waals surface area contributed by atoms with Crippen LogP contribution in [0.1, 0.15) is 51.2 Å². The standard InChI is InChI=1S/C24H30N4O2S2/c1-5-6-9-27-23(30)19(32-24(27)31)11-18-21(26-12-16(3)10-17(4)13-26)25-20-8-7-15(2)14-28(20)22(18)29/h7-8,11,14,16-17H,5-6,9-10,12-13H2,1-4H3/b19-11-/t16-,17+. The molecule has 0 aliphatic carbocycles. The van der Waals surface area contributed by atoms with Gasteiger partial charge >= 0.3 is 0 Å². The zero-order chi connectivity index (χ0) is 23.0. The van der Waals surface area contributed by atoms with Crippen LogP contribution in [0, 0.1) is 18.8 Å². The van der Waals surface area contributed by atoms with Gasteiger partial charge in [0.25, 0.3) is 11.5 Å². The highest BCUT2D eigenvalue weighted by Gasteiger charge is 2.33. The Labute approximate surface area is 198 Å². The summed E-state index contributed by atoms with van der Waals surface area (Å²) in [5.74, 6) is 1.57. The number of amides is 1. The molecular weight excluding hydrogens is 440 g/mol. The molecule has 0 bridgehead atoms. The van der Waals surface area contributed by atoms with E-state index in [2.05, 4.69) is 25.7 Å². The largest absolute Gasteiger partial charge is 0.355 e. The lowest BCUT2D eigenvalue weighted by Crippen LogP contribution is -2.40. The Balaban J connectivity index is 1.84. The average Bonchev–Trinajstić information content (AvgIpc) is 3.00. The smallest absolute Gasteiger partial charge is 0.267 e. The number of carbonyl (C=O) groups excluding carboxylic acids is 1. The zero-order valence-corrected chi connectivity index (χ0v) is 20.8. The first kappa shape index (κ1) is 23.0. The quantitative estimate of drug-likeness (QED) is 0.474. The molecule has 170 valence electrons. The molecule has 2 fully saturated rings. The molecule has 2 atom stereocenters. The van der Waals surface area contributed by atoms with Gasteiger partial charge in [-0.05, 0) is 49.3 Å². The minimum absolute atomic E-state index is 0.117. The van der Waals surface area contributed by atoms with Crippen LogP contribution in [0.4, 0.5) is 5.82 Å². The highest BCUT2D eigenvalue weighted by Crippen LogP contribution is 2.34. The van der Waals surface area contributed by atoms with Gasteiger partial charge in [-0.1, -0.05) is 57.2 Å². The zero-order valence-electron chi connectivity index (χ0n) is 19.1. The van der Waals surface area contributed by atoms with Crippen molar-refractivity contribution in [3.8, 4) is 0 Å². The van der Waals surface area contributed by atoms with E-state index in [4.69, 9.17) is 17.2 Å². The predicted octanol–water partition coefficient (Wildman–Crippen LogP) is 4.49. The summed E-state index contributed by atoms with van der Waals surface area (Å²) >= 11 is 6.73. The molecule has 1 amide bonds. The molecule has 4 heterocycles. The van der Waals surface area contributed by atoms with E-state index < -0.39 is 0 Å². The molecule has 2 aromatic heterocycles. The van der Waals surface area contributed by atoms with E-state index >= 15 is 0 Å². The number of nitrogens with zero attached hydrogens (tertiary/aromatic N) is 4. The van der Waals surface area contributed by atoms with E-state index in [-0.39, 0.29) is 11.5 Å². The number of hydrogen-bond donors (Lipinski definition) is 0. The first-order valence-electron chi connectivity index (χ1n) is 11.3. The molecule has 0 saturated carbocycles. The highest BCUT2D eigenvalue weighted by molar-refractivity contribution is 8.26. The van der Waals surface area contributed by atoms with Crippen LogP contribution in [-0.2, 0) is 4.79 Å². The summed E-state index contributed by atoms with van der Waals surface area (Å²) in [5.41, 5.74) is 1.91. The van der Waals surface area contributed by atoms with E-state index in [1.807, 2.05) is 19.1 Å². The molecule has 32 heavy (non-hydrogen) atoms. The van der Waals surface area contributed by atoms with Crippen molar-refractivity contribution in [1.29, 1.82) is 0 Å². The molecule has 4 rings (SSSR count). The van der Waals surface area contributed by atoms with Crippen molar-refractivity contribution in [3.05, 3.63) is 44.7 Å². The van der Waals surface area contributed by atoms with Crippen LogP contribution in [0.5, 0.6) is 0 Å². The number of thioether (sulfide) groups is 1. The number of piperidine rings is 1. The van der Waals surface area contributed by atoms with Crippen LogP contribution < -0.4 is 10.5 Å². The summed E-state index contributed by atoms with van der Waals surface area (Å²) in [4.78, 5) is 35.9. The topological polar surface area (TPSA) is 57.9 Å². The Morgan fingerprint density at radius 3 is 2.62 bits per heavy atom. The Kier molecular flexibility index (Phi) is 6.72. The summed E-state index contributed by atoms with van der Waals surface area (Å²) in [6, 6.07) is 3.84. The summed E-state index contributed by atoms with van der Waals surface area (Å²) in [6.07, 6.45) is 6.57. The van der Waals surface area contributed by atoms with Crippen molar-refractivity contribution in [3.63, 3.8) is 0 Å².